The number of carbonyl (C=O) groups excluding carboxylic acids is 2. The number of hydrogen-bond donors (Lipinski definition) is 0. The van der Waals surface area contributed by atoms with Crippen LogP contribution in [0.5, 0.6) is 0 Å². The van der Waals surface area contributed by atoms with E-state index in [1.54, 1.807) is 6.92 Å². The Balaban J connectivity index is 2.32. The number of Topliss-reactive ketones (excluding diaryl/α,β-unsaturated/α-hetero) is 1. The Hall–Kier alpha value is -0.940. The van der Waals surface area contributed by atoms with Gasteiger partial charge in [0.1, 0.15) is 11.4 Å². The van der Waals surface area contributed by atoms with E-state index >= 15 is 0 Å². The molecular weight excluding hydrogens is 246 g/mol. The van der Waals surface area contributed by atoms with E-state index in [0.29, 0.717) is 19.8 Å². The van der Waals surface area contributed by atoms with Crippen LogP contribution in [0.15, 0.2) is 0 Å². The highest BCUT2D eigenvalue weighted by atomic mass is 16.6. The van der Waals surface area contributed by atoms with Crippen LogP contribution in [-0.2, 0) is 19.1 Å². The molecule has 19 heavy (non-hydrogen) atoms. The van der Waals surface area contributed by atoms with Gasteiger partial charge in [0.15, 0.2) is 0 Å². The number of ketones is 1. The first-order chi connectivity index (χ1) is 8.78. The number of nitrogens with zero attached hydrogens (tertiary/aromatic N) is 1. The summed E-state index contributed by atoms with van der Waals surface area (Å²) in [6, 6.07) is 0. The first-order valence-corrected chi connectivity index (χ1v) is 6.82. The molecule has 0 aromatic rings. The molecule has 0 saturated carbocycles. The minimum Gasteiger partial charge on any atom is -0.460 e. The van der Waals surface area contributed by atoms with Gasteiger partial charge in [-0.25, -0.2) is 0 Å². The van der Waals surface area contributed by atoms with Gasteiger partial charge in [-0.1, -0.05) is 6.92 Å². The van der Waals surface area contributed by atoms with Crippen molar-refractivity contribution in [1.82, 2.24) is 4.90 Å². The van der Waals surface area contributed by atoms with Crippen LogP contribution in [0, 0.1) is 5.92 Å². The van der Waals surface area contributed by atoms with Crippen molar-refractivity contribution < 1.29 is 19.1 Å². The van der Waals surface area contributed by atoms with Crippen molar-refractivity contribution in [2.24, 2.45) is 5.92 Å². The van der Waals surface area contributed by atoms with E-state index in [1.165, 1.54) is 0 Å². The van der Waals surface area contributed by atoms with Crippen molar-refractivity contribution in [3.05, 3.63) is 0 Å². The van der Waals surface area contributed by atoms with Crippen molar-refractivity contribution in [3.63, 3.8) is 0 Å². The molecule has 1 atom stereocenters. The van der Waals surface area contributed by atoms with Gasteiger partial charge in [0.05, 0.1) is 25.7 Å². The zero-order chi connectivity index (χ0) is 14.5. The summed E-state index contributed by atoms with van der Waals surface area (Å²) in [5.41, 5.74) is -0.501. The molecule has 1 rings (SSSR count). The number of carbonyl (C=O) groups is 2. The molecule has 0 aromatic heterocycles. The van der Waals surface area contributed by atoms with Crippen LogP contribution >= 0.6 is 0 Å². The fraction of sp³-hybridized carbons (Fsp3) is 0.857. The second-order valence-electron chi connectivity index (χ2n) is 6.07. The van der Waals surface area contributed by atoms with Gasteiger partial charge in [-0.15, -0.1) is 0 Å². The van der Waals surface area contributed by atoms with E-state index in [1.807, 2.05) is 20.8 Å². The van der Waals surface area contributed by atoms with E-state index in [4.69, 9.17) is 9.47 Å². The summed E-state index contributed by atoms with van der Waals surface area (Å²) in [4.78, 5) is 25.7. The third-order valence-electron chi connectivity index (χ3n) is 2.85. The summed E-state index contributed by atoms with van der Waals surface area (Å²) in [5, 5.41) is 0. The molecule has 1 aliphatic heterocycles. The lowest BCUT2D eigenvalue weighted by Gasteiger charge is -2.26. The first-order valence-electron chi connectivity index (χ1n) is 6.82. The van der Waals surface area contributed by atoms with Gasteiger partial charge in [-0.2, -0.15) is 0 Å². The third-order valence-corrected chi connectivity index (χ3v) is 2.85. The maximum absolute atomic E-state index is 11.9. The van der Waals surface area contributed by atoms with E-state index in [0.717, 1.165) is 13.1 Å². The van der Waals surface area contributed by atoms with Crippen molar-refractivity contribution >= 4 is 11.8 Å². The average molecular weight is 271 g/mol. The largest absolute Gasteiger partial charge is 0.460 e. The van der Waals surface area contributed by atoms with Crippen molar-refractivity contribution in [3.8, 4) is 0 Å². The lowest BCUT2D eigenvalue weighted by Crippen LogP contribution is -2.40. The minimum atomic E-state index is -0.501. The molecule has 0 N–H and O–H groups in total. The number of esters is 1. The molecule has 0 bridgehead atoms. The molecule has 1 saturated heterocycles. The maximum atomic E-state index is 11.9. The lowest BCUT2D eigenvalue weighted by molar-refractivity contribution is -0.160. The molecule has 0 radical (unpaired) electrons. The Kier molecular flexibility index (Phi) is 5.94. The molecule has 0 spiro atoms. The lowest BCUT2D eigenvalue weighted by atomic mass is 10.0. The van der Waals surface area contributed by atoms with Crippen LogP contribution in [0.2, 0.25) is 0 Å². The highest BCUT2D eigenvalue weighted by Gasteiger charge is 2.24. The smallest absolute Gasteiger partial charge is 0.309 e. The van der Waals surface area contributed by atoms with Crippen molar-refractivity contribution in [2.75, 3.05) is 32.8 Å². The third kappa shape index (κ3) is 6.68. The Labute approximate surface area is 115 Å². The quantitative estimate of drug-likeness (QED) is 0.705. The summed E-state index contributed by atoms with van der Waals surface area (Å²) in [6.07, 6.45) is 0.242. The summed E-state index contributed by atoms with van der Waals surface area (Å²) in [5.74, 6) is -0.601. The van der Waals surface area contributed by atoms with Crippen molar-refractivity contribution in [1.29, 1.82) is 0 Å². The molecule has 0 aliphatic carbocycles. The molecular formula is C14H25NO4. The molecule has 1 aliphatic rings. The Morgan fingerprint density at radius 3 is 2.37 bits per heavy atom. The van der Waals surface area contributed by atoms with Crippen LogP contribution in [0.3, 0.4) is 0 Å². The molecule has 1 heterocycles. The van der Waals surface area contributed by atoms with E-state index in [9.17, 15) is 9.59 Å². The Morgan fingerprint density at radius 1 is 1.26 bits per heavy atom. The topological polar surface area (TPSA) is 55.8 Å². The predicted molar refractivity (Wildman–Crippen MR) is 71.9 cm³/mol. The second kappa shape index (κ2) is 7.01. The standard InChI is InChI=1S/C14H25NO4/c1-11(13(17)19-14(2,3)4)9-12(16)10-15-5-7-18-8-6-15/h11H,5-10H2,1-4H3. The molecule has 1 fully saturated rings. The second-order valence-corrected chi connectivity index (χ2v) is 6.07. The molecule has 0 amide bonds. The van der Waals surface area contributed by atoms with Crippen molar-refractivity contribution in [2.45, 2.75) is 39.7 Å². The molecule has 5 heteroatoms. The average Bonchev–Trinajstić information content (AvgIpc) is 2.27. The molecule has 5 nitrogen and oxygen atoms in total. The van der Waals surface area contributed by atoms with Gasteiger partial charge in [-0.05, 0) is 20.8 Å². The summed E-state index contributed by atoms with van der Waals surface area (Å²) >= 11 is 0. The van der Waals surface area contributed by atoms with Gasteiger partial charge >= 0.3 is 5.97 Å². The van der Waals surface area contributed by atoms with E-state index in [-0.39, 0.29) is 24.1 Å². The number of rotatable bonds is 5. The number of morpholine rings is 1. The van der Waals surface area contributed by atoms with Gasteiger partial charge < -0.3 is 9.47 Å². The van der Waals surface area contributed by atoms with E-state index < -0.39 is 5.60 Å². The predicted octanol–water partition coefficient (Wildman–Crippen LogP) is 1.26. The van der Waals surface area contributed by atoms with Crippen LogP contribution in [0.25, 0.3) is 0 Å². The zero-order valence-electron chi connectivity index (χ0n) is 12.4. The van der Waals surface area contributed by atoms with E-state index in [2.05, 4.69) is 4.90 Å². The summed E-state index contributed by atoms with van der Waals surface area (Å²) in [6.45, 7) is 10.5. The van der Waals surface area contributed by atoms with Crippen LogP contribution < -0.4 is 0 Å². The highest BCUT2D eigenvalue weighted by molar-refractivity contribution is 5.85. The van der Waals surface area contributed by atoms with Gasteiger partial charge in [0.2, 0.25) is 0 Å². The normalized spacial score (nSPS) is 18.9. The summed E-state index contributed by atoms with van der Waals surface area (Å²) in [7, 11) is 0. The zero-order valence-corrected chi connectivity index (χ0v) is 12.4. The monoisotopic (exact) mass is 271 g/mol. The fourth-order valence-electron chi connectivity index (χ4n) is 1.90. The number of ether oxygens (including phenoxy) is 2. The molecule has 1 unspecified atom stereocenters. The van der Waals surface area contributed by atoms with Crippen LogP contribution in [0.4, 0.5) is 0 Å². The van der Waals surface area contributed by atoms with Gasteiger partial charge in [0.25, 0.3) is 0 Å². The fourth-order valence-corrected chi connectivity index (χ4v) is 1.90. The van der Waals surface area contributed by atoms with Gasteiger partial charge in [0, 0.05) is 19.5 Å². The van der Waals surface area contributed by atoms with Crippen LogP contribution in [0.1, 0.15) is 34.1 Å². The first kappa shape index (κ1) is 16.1. The minimum absolute atomic E-state index is 0.0836. The highest BCUT2D eigenvalue weighted by Crippen LogP contribution is 2.14. The van der Waals surface area contributed by atoms with Crippen LogP contribution in [-0.4, -0.2) is 55.1 Å². The number of hydrogen-bond acceptors (Lipinski definition) is 5. The SMILES string of the molecule is CC(CC(=O)CN1CCOCC1)C(=O)OC(C)(C)C. The molecule has 110 valence electrons. The summed E-state index contributed by atoms with van der Waals surface area (Å²) < 4.78 is 10.5. The maximum Gasteiger partial charge on any atom is 0.309 e. The molecule has 0 aromatic carbocycles. The van der Waals surface area contributed by atoms with Gasteiger partial charge in [-0.3, -0.25) is 14.5 Å². The Bertz CT molecular complexity index is 316. The Morgan fingerprint density at radius 2 is 1.84 bits per heavy atom.